The molecule has 3 atom stereocenters. The Balaban J connectivity index is 1.31. The van der Waals surface area contributed by atoms with Crippen LogP contribution in [0.4, 0.5) is 10.6 Å². The molecule has 0 aliphatic carbocycles. The van der Waals surface area contributed by atoms with Gasteiger partial charge in [0.2, 0.25) is 5.88 Å². The minimum atomic E-state index is -0.211. The molecule has 8 heteroatoms. The lowest BCUT2D eigenvalue weighted by atomic mass is 10.0. The molecule has 0 radical (unpaired) electrons. The van der Waals surface area contributed by atoms with Gasteiger partial charge in [0.15, 0.2) is 5.82 Å². The van der Waals surface area contributed by atoms with E-state index in [4.69, 9.17) is 4.74 Å². The monoisotopic (exact) mass is 460 g/mol. The van der Waals surface area contributed by atoms with Gasteiger partial charge in [-0.25, -0.2) is 14.8 Å². The van der Waals surface area contributed by atoms with Crippen molar-refractivity contribution in [3.8, 4) is 17.0 Å². The third-order valence-corrected chi connectivity index (χ3v) is 7.00. The minimum absolute atomic E-state index is 0.0454. The number of urea groups is 1. The molecule has 2 fully saturated rings. The number of nitrogens with zero attached hydrogens (tertiary/aromatic N) is 5. The lowest BCUT2D eigenvalue weighted by Crippen LogP contribution is -2.43. The second-order valence-corrected chi connectivity index (χ2v) is 9.74. The van der Waals surface area contributed by atoms with E-state index in [9.17, 15) is 4.79 Å². The summed E-state index contributed by atoms with van der Waals surface area (Å²) in [5, 5.41) is 2.87. The van der Waals surface area contributed by atoms with Crippen molar-refractivity contribution in [2.45, 2.75) is 63.8 Å². The molecule has 2 saturated heterocycles. The maximum atomic E-state index is 12.3. The molecule has 1 N–H and O–H groups in total. The number of fused-ring (bicyclic) bond motifs is 3. The standard InChI is InChI=1S/C26H32N6O2/c1-16(2)29-26(33)32(4)24-15-27-22-9-5-17(11-23(22)30-24)18-6-10-25(28-14-18)34-21-12-19-7-8-20(13-21)31(19)3/h5-6,9-11,14-16,19-21H,7-8,12-13H2,1-4H3,(H,29,33)/t19-,20+,21?. The summed E-state index contributed by atoms with van der Waals surface area (Å²) in [6.07, 6.45) is 8.41. The van der Waals surface area contributed by atoms with Crippen LogP contribution in [0.3, 0.4) is 0 Å². The average Bonchev–Trinajstić information content (AvgIpc) is 3.03. The van der Waals surface area contributed by atoms with Gasteiger partial charge in [-0.2, -0.15) is 0 Å². The predicted molar refractivity (Wildman–Crippen MR) is 133 cm³/mol. The van der Waals surface area contributed by atoms with Crippen LogP contribution in [0, 0.1) is 0 Å². The predicted octanol–water partition coefficient (Wildman–Crippen LogP) is 4.25. The van der Waals surface area contributed by atoms with Crippen LogP contribution in [0.2, 0.25) is 0 Å². The Labute approximate surface area is 200 Å². The van der Waals surface area contributed by atoms with Crippen LogP contribution >= 0.6 is 0 Å². The van der Waals surface area contributed by atoms with Crippen molar-refractivity contribution in [3.63, 3.8) is 0 Å². The summed E-state index contributed by atoms with van der Waals surface area (Å²) in [7, 11) is 3.93. The van der Waals surface area contributed by atoms with E-state index >= 15 is 0 Å². The van der Waals surface area contributed by atoms with E-state index in [0.29, 0.717) is 23.8 Å². The fourth-order valence-electron chi connectivity index (χ4n) is 5.04. The first-order valence-electron chi connectivity index (χ1n) is 12.0. The summed E-state index contributed by atoms with van der Waals surface area (Å²) in [6.45, 7) is 3.85. The van der Waals surface area contributed by atoms with Gasteiger partial charge in [0.05, 0.1) is 17.2 Å². The van der Waals surface area contributed by atoms with Gasteiger partial charge in [-0.15, -0.1) is 0 Å². The fourth-order valence-corrected chi connectivity index (χ4v) is 5.04. The molecule has 4 heterocycles. The maximum absolute atomic E-state index is 12.3. The number of carbonyl (C=O) groups excluding carboxylic acids is 1. The molecule has 2 aliphatic rings. The topological polar surface area (TPSA) is 83.5 Å². The molecular formula is C26H32N6O2. The number of rotatable bonds is 5. The number of ether oxygens (including phenoxy) is 1. The Morgan fingerprint density at radius 1 is 1.06 bits per heavy atom. The number of aromatic nitrogens is 3. The van der Waals surface area contributed by atoms with Crippen LogP contribution < -0.4 is 15.0 Å². The Kier molecular flexibility index (Phi) is 6.08. The van der Waals surface area contributed by atoms with Gasteiger partial charge < -0.3 is 15.0 Å². The van der Waals surface area contributed by atoms with E-state index in [-0.39, 0.29) is 18.2 Å². The van der Waals surface area contributed by atoms with Crippen molar-refractivity contribution in [3.05, 3.63) is 42.7 Å². The van der Waals surface area contributed by atoms with E-state index in [2.05, 4.69) is 32.2 Å². The van der Waals surface area contributed by atoms with Crippen molar-refractivity contribution < 1.29 is 9.53 Å². The molecule has 1 unspecified atom stereocenters. The Morgan fingerprint density at radius 3 is 2.47 bits per heavy atom. The summed E-state index contributed by atoms with van der Waals surface area (Å²) in [4.78, 5) is 30.0. The number of piperidine rings is 1. The molecule has 3 aromatic rings. The van der Waals surface area contributed by atoms with Crippen LogP contribution in [-0.2, 0) is 0 Å². The molecular weight excluding hydrogens is 428 g/mol. The summed E-state index contributed by atoms with van der Waals surface area (Å²) >= 11 is 0. The molecule has 34 heavy (non-hydrogen) atoms. The molecule has 2 amide bonds. The number of amides is 2. The number of nitrogens with one attached hydrogen (secondary N) is 1. The number of anilines is 1. The van der Waals surface area contributed by atoms with E-state index in [1.165, 1.54) is 17.7 Å². The molecule has 178 valence electrons. The number of pyridine rings is 1. The SMILES string of the molecule is CC(C)NC(=O)N(C)c1cnc2ccc(-c3ccc(OC4C[C@H]5CC[C@@H](C4)N5C)nc3)cc2n1. The highest BCUT2D eigenvalue weighted by molar-refractivity contribution is 5.91. The van der Waals surface area contributed by atoms with Gasteiger partial charge in [0.25, 0.3) is 0 Å². The molecule has 2 bridgehead atoms. The van der Waals surface area contributed by atoms with Gasteiger partial charge in [-0.3, -0.25) is 9.88 Å². The lowest BCUT2D eigenvalue weighted by Gasteiger charge is -2.36. The molecule has 5 rings (SSSR count). The highest BCUT2D eigenvalue weighted by atomic mass is 16.5. The largest absolute Gasteiger partial charge is 0.474 e. The lowest BCUT2D eigenvalue weighted by molar-refractivity contribution is 0.0633. The van der Waals surface area contributed by atoms with Crippen molar-refractivity contribution in [1.82, 2.24) is 25.2 Å². The van der Waals surface area contributed by atoms with E-state index in [1.54, 1.807) is 13.2 Å². The van der Waals surface area contributed by atoms with Crippen LogP contribution in [-0.4, -0.2) is 64.2 Å². The van der Waals surface area contributed by atoms with Crippen molar-refractivity contribution in [2.24, 2.45) is 0 Å². The van der Waals surface area contributed by atoms with Gasteiger partial charge in [0, 0.05) is 43.0 Å². The zero-order chi connectivity index (χ0) is 23.8. The van der Waals surface area contributed by atoms with Gasteiger partial charge in [0.1, 0.15) is 6.10 Å². The highest BCUT2D eigenvalue weighted by Gasteiger charge is 2.39. The van der Waals surface area contributed by atoms with Gasteiger partial charge in [-0.05, 0) is 70.3 Å². The van der Waals surface area contributed by atoms with E-state index in [1.807, 2.05) is 50.4 Å². The van der Waals surface area contributed by atoms with Crippen LogP contribution in [0.5, 0.6) is 5.88 Å². The molecule has 0 saturated carbocycles. The smallest absolute Gasteiger partial charge is 0.323 e. The number of benzene rings is 1. The second kappa shape index (κ2) is 9.18. The number of hydrogen-bond acceptors (Lipinski definition) is 6. The molecule has 2 aliphatic heterocycles. The first kappa shape index (κ1) is 22.5. The second-order valence-electron chi connectivity index (χ2n) is 9.74. The minimum Gasteiger partial charge on any atom is -0.474 e. The molecule has 1 aromatic carbocycles. The zero-order valence-corrected chi connectivity index (χ0v) is 20.2. The summed E-state index contributed by atoms with van der Waals surface area (Å²) in [5.74, 6) is 1.18. The summed E-state index contributed by atoms with van der Waals surface area (Å²) < 4.78 is 6.23. The third-order valence-electron chi connectivity index (χ3n) is 7.00. The van der Waals surface area contributed by atoms with Crippen molar-refractivity contribution in [2.75, 3.05) is 19.0 Å². The molecule has 8 nitrogen and oxygen atoms in total. The first-order valence-corrected chi connectivity index (χ1v) is 12.0. The third kappa shape index (κ3) is 4.55. The zero-order valence-electron chi connectivity index (χ0n) is 20.2. The van der Waals surface area contributed by atoms with Crippen LogP contribution in [0.25, 0.3) is 22.2 Å². The first-order chi connectivity index (χ1) is 16.4. The summed E-state index contributed by atoms with van der Waals surface area (Å²) in [5.41, 5.74) is 3.47. The summed E-state index contributed by atoms with van der Waals surface area (Å²) in [6, 6.07) is 11.0. The highest BCUT2D eigenvalue weighted by Crippen LogP contribution is 2.36. The Morgan fingerprint density at radius 2 is 1.79 bits per heavy atom. The Hall–Kier alpha value is -3.26. The van der Waals surface area contributed by atoms with Crippen molar-refractivity contribution >= 4 is 22.9 Å². The maximum Gasteiger partial charge on any atom is 0.323 e. The number of carbonyl (C=O) groups is 1. The average molecular weight is 461 g/mol. The van der Waals surface area contributed by atoms with Crippen LogP contribution in [0.1, 0.15) is 39.5 Å². The van der Waals surface area contributed by atoms with E-state index in [0.717, 1.165) is 35.0 Å². The van der Waals surface area contributed by atoms with Gasteiger partial charge in [-0.1, -0.05) is 6.07 Å². The number of hydrogen-bond donors (Lipinski definition) is 1. The van der Waals surface area contributed by atoms with Gasteiger partial charge >= 0.3 is 6.03 Å². The van der Waals surface area contributed by atoms with E-state index < -0.39 is 0 Å². The normalized spacial score (nSPS) is 22.2. The van der Waals surface area contributed by atoms with Crippen LogP contribution in [0.15, 0.2) is 42.7 Å². The molecule has 2 aromatic heterocycles. The van der Waals surface area contributed by atoms with Crippen molar-refractivity contribution in [1.29, 1.82) is 0 Å². The quantitative estimate of drug-likeness (QED) is 0.613. The fraction of sp³-hybridized carbons (Fsp3) is 0.462. The molecule has 0 spiro atoms. The Bertz CT molecular complexity index is 1170.